The van der Waals surface area contributed by atoms with Crippen LogP contribution in [-0.4, -0.2) is 32.2 Å². The van der Waals surface area contributed by atoms with E-state index in [0.717, 1.165) is 0 Å². The summed E-state index contributed by atoms with van der Waals surface area (Å²) in [7, 11) is 0. The first-order valence-electron chi connectivity index (χ1n) is 5.21. The highest BCUT2D eigenvalue weighted by Gasteiger charge is 2.17. The molecular weight excluding hydrogens is 272 g/mol. The molecule has 3 N–H and O–H groups in total. The van der Waals surface area contributed by atoms with Crippen molar-refractivity contribution in [3.05, 3.63) is 40.4 Å². The van der Waals surface area contributed by atoms with E-state index in [1.807, 2.05) is 0 Å². The van der Waals surface area contributed by atoms with E-state index in [0.29, 0.717) is 5.69 Å². The van der Waals surface area contributed by atoms with Gasteiger partial charge in [0, 0.05) is 5.69 Å². The van der Waals surface area contributed by atoms with Crippen LogP contribution in [-0.2, 0) is 0 Å². The maximum atomic E-state index is 11.8. The zero-order valence-corrected chi connectivity index (χ0v) is 10.5. The molecule has 19 heavy (non-hydrogen) atoms. The van der Waals surface area contributed by atoms with Gasteiger partial charge >= 0.3 is 5.97 Å². The smallest absolute Gasteiger partial charge is 0.354 e. The Bertz CT molecular complexity index is 636. The maximum Gasteiger partial charge on any atom is 0.354 e. The van der Waals surface area contributed by atoms with Crippen molar-refractivity contribution in [2.45, 2.75) is 6.92 Å². The van der Waals surface area contributed by atoms with Crippen LogP contribution in [0.5, 0.6) is 0 Å². The fraction of sp³-hybridized carbons (Fsp3) is 0.0909. The van der Waals surface area contributed by atoms with E-state index in [-0.39, 0.29) is 22.2 Å². The van der Waals surface area contributed by atoms with Crippen LogP contribution in [0.15, 0.2) is 18.2 Å². The molecule has 0 fully saturated rings. The van der Waals surface area contributed by atoms with Crippen molar-refractivity contribution < 1.29 is 14.7 Å². The lowest BCUT2D eigenvalue weighted by Crippen LogP contribution is -2.15. The van der Waals surface area contributed by atoms with Gasteiger partial charge in [0.2, 0.25) is 0 Å². The SMILES string of the molecule is Cc1cc(NC(=O)c2ccc(Cl)nn2)c(C(=O)O)[nH]1. The second-order valence-corrected chi connectivity index (χ2v) is 4.13. The van der Waals surface area contributed by atoms with Crippen molar-refractivity contribution in [2.75, 3.05) is 5.32 Å². The number of hydrogen-bond acceptors (Lipinski definition) is 4. The molecule has 8 heteroatoms. The Labute approximate surface area is 112 Å². The molecule has 0 saturated carbocycles. The molecule has 1 amide bonds. The minimum absolute atomic E-state index is 0.0413. The molecule has 2 aromatic heterocycles. The van der Waals surface area contributed by atoms with Gasteiger partial charge in [-0.05, 0) is 25.1 Å². The standard InChI is InChI=1S/C11H9ClN4O3/c1-5-4-7(9(13-5)11(18)19)14-10(17)6-2-3-8(12)16-15-6/h2-4,13H,1H3,(H,14,17)(H,18,19). The van der Waals surface area contributed by atoms with Crippen LogP contribution < -0.4 is 5.32 Å². The fourth-order valence-corrected chi connectivity index (χ4v) is 1.58. The number of aromatic nitrogens is 3. The lowest BCUT2D eigenvalue weighted by molar-refractivity contribution is 0.0692. The molecule has 0 atom stereocenters. The fourth-order valence-electron chi connectivity index (χ4n) is 1.48. The molecule has 2 heterocycles. The number of carboxylic acids is 1. The van der Waals surface area contributed by atoms with Crippen LogP contribution in [0, 0.1) is 6.92 Å². The predicted molar refractivity (Wildman–Crippen MR) is 67.5 cm³/mol. The van der Waals surface area contributed by atoms with Crippen molar-refractivity contribution in [3.63, 3.8) is 0 Å². The molecule has 0 unspecified atom stereocenters. The monoisotopic (exact) mass is 280 g/mol. The van der Waals surface area contributed by atoms with Crippen LogP contribution in [0.3, 0.4) is 0 Å². The number of anilines is 1. The molecular formula is C11H9ClN4O3. The Kier molecular flexibility index (Phi) is 3.48. The first-order chi connectivity index (χ1) is 8.97. The molecule has 0 aliphatic heterocycles. The number of aromatic carboxylic acids is 1. The zero-order chi connectivity index (χ0) is 14.0. The number of halogens is 1. The number of H-pyrrole nitrogens is 1. The number of nitrogens with zero attached hydrogens (tertiary/aromatic N) is 2. The number of nitrogens with one attached hydrogen (secondary N) is 2. The Hall–Kier alpha value is -2.41. The Morgan fingerprint density at radius 3 is 2.68 bits per heavy atom. The minimum Gasteiger partial charge on any atom is -0.477 e. The molecule has 0 aliphatic rings. The number of carboxylic acid groups (broad SMARTS) is 1. The minimum atomic E-state index is -1.16. The molecule has 98 valence electrons. The van der Waals surface area contributed by atoms with Crippen molar-refractivity contribution in [3.8, 4) is 0 Å². The van der Waals surface area contributed by atoms with Gasteiger partial charge in [0.25, 0.3) is 5.91 Å². The van der Waals surface area contributed by atoms with E-state index in [2.05, 4.69) is 20.5 Å². The summed E-state index contributed by atoms with van der Waals surface area (Å²) >= 11 is 5.56. The van der Waals surface area contributed by atoms with Crippen molar-refractivity contribution >= 4 is 29.2 Å². The zero-order valence-electron chi connectivity index (χ0n) is 9.77. The highest BCUT2D eigenvalue weighted by Crippen LogP contribution is 2.17. The van der Waals surface area contributed by atoms with Crippen molar-refractivity contribution in [1.82, 2.24) is 15.2 Å². The lowest BCUT2D eigenvalue weighted by Gasteiger charge is -2.03. The Morgan fingerprint density at radius 1 is 1.37 bits per heavy atom. The summed E-state index contributed by atoms with van der Waals surface area (Å²) in [5, 5.41) is 18.7. The first kappa shape index (κ1) is 13.0. The number of aryl methyl sites for hydroxylation is 1. The van der Waals surface area contributed by atoms with Crippen LogP contribution in [0.25, 0.3) is 0 Å². The third-order valence-corrected chi connectivity index (χ3v) is 2.48. The number of amides is 1. The summed E-state index contributed by atoms with van der Waals surface area (Å²) in [4.78, 5) is 25.5. The summed E-state index contributed by atoms with van der Waals surface area (Å²) in [6.07, 6.45) is 0. The molecule has 0 bridgehead atoms. The average molecular weight is 281 g/mol. The van der Waals surface area contributed by atoms with E-state index < -0.39 is 11.9 Å². The van der Waals surface area contributed by atoms with Crippen LogP contribution >= 0.6 is 11.6 Å². The summed E-state index contributed by atoms with van der Waals surface area (Å²) in [6, 6.07) is 4.33. The molecule has 7 nitrogen and oxygen atoms in total. The van der Waals surface area contributed by atoms with Gasteiger partial charge in [0.1, 0.15) is 5.69 Å². The maximum absolute atomic E-state index is 11.8. The van der Waals surface area contributed by atoms with Gasteiger partial charge in [-0.25, -0.2) is 4.79 Å². The van der Waals surface area contributed by atoms with Crippen LogP contribution in [0.2, 0.25) is 5.15 Å². The van der Waals surface area contributed by atoms with E-state index in [9.17, 15) is 9.59 Å². The molecule has 2 aromatic rings. The second kappa shape index (κ2) is 5.07. The molecule has 0 radical (unpaired) electrons. The average Bonchev–Trinajstić information content (AvgIpc) is 2.71. The van der Waals surface area contributed by atoms with E-state index in [4.69, 9.17) is 16.7 Å². The predicted octanol–water partition coefficient (Wildman–Crippen LogP) is 1.72. The third-order valence-electron chi connectivity index (χ3n) is 2.28. The van der Waals surface area contributed by atoms with Gasteiger partial charge in [-0.15, -0.1) is 10.2 Å². The van der Waals surface area contributed by atoms with Crippen LogP contribution in [0.1, 0.15) is 26.7 Å². The van der Waals surface area contributed by atoms with E-state index in [1.165, 1.54) is 18.2 Å². The van der Waals surface area contributed by atoms with Crippen molar-refractivity contribution in [1.29, 1.82) is 0 Å². The Balaban J connectivity index is 2.24. The lowest BCUT2D eigenvalue weighted by atomic mass is 10.3. The van der Waals surface area contributed by atoms with Crippen LogP contribution in [0.4, 0.5) is 5.69 Å². The topological polar surface area (TPSA) is 108 Å². The second-order valence-electron chi connectivity index (χ2n) is 3.74. The molecule has 2 rings (SSSR count). The quantitative estimate of drug-likeness (QED) is 0.793. The summed E-state index contributed by atoms with van der Waals surface area (Å²) in [6.45, 7) is 1.68. The van der Waals surface area contributed by atoms with Gasteiger partial charge in [-0.1, -0.05) is 11.6 Å². The number of carbonyl (C=O) groups is 2. The van der Waals surface area contributed by atoms with Gasteiger partial charge < -0.3 is 15.4 Å². The molecule has 0 aromatic carbocycles. The van der Waals surface area contributed by atoms with E-state index in [1.54, 1.807) is 6.92 Å². The highest BCUT2D eigenvalue weighted by atomic mass is 35.5. The third kappa shape index (κ3) is 2.89. The van der Waals surface area contributed by atoms with Gasteiger partial charge in [-0.2, -0.15) is 0 Å². The van der Waals surface area contributed by atoms with Gasteiger partial charge in [0.05, 0.1) is 5.69 Å². The summed E-state index contributed by atoms with van der Waals surface area (Å²) in [5.41, 5.74) is 0.744. The largest absolute Gasteiger partial charge is 0.477 e. The Morgan fingerprint density at radius 2 is 2.11 bits per heavy atom. The number of carbonyl (C=O) groups excluding carboxylic acids is 1. The van der Waals surface area contributed by atoms with Gasteiger partial charge in [-0.3, -0.25) is 4.79 Å². The molecule has 0 spiro atoms. The van der Waals surface area contributed by atoms with Gasteiger partial charge in [0.15, 0.2) is 10.8 Å². The highest BCUT2D eigenvalue weighted by molar-refractivity contribution is 6.29. The summed E-state index contributed by atoms with van der Waals surface area (Å²) in [5.74, 6) is -1.73. The van der Waals surface area contributed by atoms with Crippen molar-refractivity contribution in [2.24, 2.45) is 0 Å². The number of aromatic amines is 1. The molecule has 0 aliphatic carbocycles. The summed E-state index contributed by atoms with van der Waals surface area (Å²) < 4.78 is 0. The van der Waals surface area contributed by atoms with E-state index >= 15 is 0 Å². The molecule has 0 saturated heterocycles. The first-order valence-corrected chi connectivity index (χ1v) is 5.58. The normalized spacial score (nSPS) is 10.2. The number of rotatable bonds is 3. The number of hydrogen-bond donors (Lipinski definition) is 3.